The average Bonchev–Trinajstić information content (AvgIpc) is 2.78. The zero-order chi connectivity index (χ0) is 13.0. The molecule has 1 saturated carbocycles. The maximum absolute atomic E-state index is 11.0. The Morgan fingerprint density at radius 3 is 2.61 bits per heavy atom. The minimum Gasteiger partial charge on any atom is -0.458 e. The molecular formula is C16H20O2. The highest BCUT2D eigenvalue weighted by Crippen LogP contribution is 2.53. The summed E-state index contributed by atoms with van der Waals surface area (Å²) in [6, 6.07) is 9.92. The number of hydrogen-bond donors (Lipinski definition) is 1. The van der Waals surface area contributed by atoms with E-state index in [-0.39, 0.29) is 11.3 Å². The molecule has 3 rings (SSSR count). The monoisotopic (exact) mass is 244 g/mol. The van der Waals surface area contributed by atoms with Crippen molar-refractivity contribution in [2.75, 3.05) is 0 Å². The van der Waals surface area contributed by atoms with Crippen molar-refractivity contribution in [2.45, 2.75) is 39.2 Å². The minimum absolute atomic E-state index is 0.174. The topological polar surface area (TPSA) is 33.4 Å². The highest BCUT2D eigenvalue weighted by Gasteiger charge is 2.50. The van der Waals surface area contributed by atoms with Gasteiger partial charge in [-0.05, 0) is 36.3 Å². The van der Waals surface area contributed by atoms with E-state index in [4.69, 9.17) is 4.42 Å². The number of benzene rings is 1. The van der Waals surface area contributed by atoms with Crippen LogP contribution in [-0.4, -0.2) is 5.11 Å². The molecule has 1 heterocycles. The lowest BCUT2D eigenvalue weighted by Gasteiger charge is -2.25. The minimum atomic E-state index is -0.817. The first-order chi connectivity index (χ1) is 8.41. The predicted molar refractivity (Wildman–Crippen MR) is 72.3 cm³/mol. The standard InChI is InChI=1S/C16H20O2/c1-11-9-15(2,3)10-16(11,17)14-8-12-6-4-5-7-13(12)18-14/h4-8,11,17H,9-10H2,1-3H3. The van der Waals surface area contributed by atoms with Crippen molar-refractivity contribution in [1.29, 1.82) is 0 Å². The summed E-state index contributed by atoms with van der Waals surface area (Å²) >= 11 is 0. The second-order valence-electron chi connectivity index (χ2n) is 6.52. The number of fused-ring (bicyclic) bond motifs is 1. The van der Waals surface area contributed by atoms with Crippen molar-refractivity contribution < 1.29 is 9.52 Å². The molecule has 1 fully saturated rings. The molecule has 18 heavy (non-hydrogen) atoms. The summed E-state index contributed by atoms with van der Waals surface area (Å²) in [7, 11) is 0. The molecule has 2 nitrogen and oxygen atoms in total. The quantitative estimate of drug-likeness (QED) is 0.820. The predicted octanol–water partition coefficient (Wildman–Crippen LogP) is 4.08. The van der Waals surface area contributed by atoms with Gasteiger partial charge in [-0.2, -0.15) is 0 Å². The molecule has 2 heteroatoms. The highest BCUT2D eigenvalue weighted by molar-refractivity contribution is 5.77. The summed E-state index contributed by atoms with van der Waals surface area (Å²) in [5.74, 6) is 0.954. The molecule has 1 N–H and O–H groups in total. The third kappa shape index (κ3) is 1.67. The van der Waals surface area contributed by atoms with Crippen LogP contribution in [0, 0.1) is 11.3 Å². The molecule has 0 aliphatic heterocycles. The van der Waals surface area contributed by atoms with Gasteiger partial charge >= 0.3 is 0 Å². The number of aliphatic hydroxyl groups is 1. The van der Waals surface area contributed by atoms with Crippen LogP contribution < -0.4 is 0 Å². The lowest BCUT2D eigenvalue weighted by atomic mass is 9.87. The van der Waals surface area contributed by atoms with E-state index in [9.17, 15) is 5.11 Å². The largest absolute Gasteiger partial charge is 0.458 e. The first-order valence-electron chi connectivity index (χ1n) is 6.62. The molecule has 1 aliphatic rings. The van der Waals surface area contributed by atoms with Crippen LogP contribution in [0.3, 0.4) is 0 Å². The Hall–Kier alpha value is -1.28. The van der Waals surface area contributed by atoms with Gasteiger partial charge in [0.05, 0.1) is 0 Å². The molecule has 2 aromatic rings. The van der Waals surface area contributed by atoms with Crippen LogP contribution in [0.1, 0.15) is 39.4 Å². The van der Waals surface area contributed by atoms with Crippen molar-refractivity contribution >= 4 is 11.0 Å². The number of furan rings is 1. The fourth-order valence-corrected chi connectivity index (χ4v) is 3.50. The van der Waals surface area contributed by atoms with Gasteiger partial charge in [0.1, 0.15) is 16.9 Å². The lowest BCUT2D eigenvalue weighted by molar-refractivity contribution is -0.0194. The summed E-state index contributed by atoms with van der Waals surface area (Å²) < 4.78 is 5.87. The van der Waals surface area contributed by atoms with Gasteiger partial charge in [-0.25, -0.2) is 0 Å². The first kappa shape index (κ1) is 11.8. The van der Waals surface area contributed by atoms with Crippen LogP contribution in [0.25, 0.3) is 11.0 Å². The van der Waals surface area contributed by atoms with Gasteiger partial charge in [-0.1, -0.05) is 39.0 Å². The molecule has 96 valence electrons. The van der Waals surface area contributed by atoms with E-state index in [1.165, 1.54) is 0 Å². The van der Waals surface area contributed by atoms with E-state index >= 15 is 0 Å². The van der Waals surface area contributed by atoms with E-state index < -0.39 is 5.60 Å². The normalized spacial score (nSPS) is 31.0. The Bertz CT molecular complexity index is 549. The molecule has 2 atom stereocenters. The summed E-state index contributed by atoms with van der Waals surface area (Å²) in [6.45, 7) is 6.54. The fraction of sp³-hybridized carbons (Fsp3) is 0.500. The molecule has 0 amide bonds. The summed E-state index contributed by atoms with van der Waals surface area (Å²) in [6.07, 6.45) is 1.79. The van der Waals surface area contributed by atoms with E-state index in [2.05, 4.69) is 20.8 Å². The molecule has 1 aromatic heterocycles. The summed E-state index contributed by atoms with van der Waals surface area (Å²) in [4.78, 5) is 0. The van der Waals surface area contributed by atoms with E-state index in [1.807, 2.05) is 30.3 Å². The van der Waals surface area contributed by atoms with E-state index in [1.54, 1.807) is 0 Å². The molecule has 0 spiro atoms. The van der Waals surface area contributed by atoms with Crippen molar-refractivity contribution in [1.82, 2.24) is 0 Å². The van der Waals surface area contributed by atoms with Gasteiger partial charge in [0, 0.05) is 5.39 Å². The van der Waals surface area contributed by atoms with Gasteiger partial charge < -0.3 is 9.52 Å². The Kier molecular flexibility index (Phi) is 2.36. The first-order valence-corrected chi connectivity index (χ1v) is 6.62. The van der Waals surface area contributed by atoms with Gasteiger partial charge in [0.2, 0.25) is 0 Å². The number of rotatable bonds is 1. The van der Waals surface area contributed by atoms with E-state index in [0.717, 1.165) is 29.6 Å². The van der Waals surface area contributed by atoms with Crippen LogP contribution in [-0.2, 0) is 5.60 Å². The zero-order valence-corrected chi connectivity index (χ0v) is 11.2. The second kappa shape index (κ2) is 3.61. The van der Waals surface area contributed by atoms with Gasteiger partial charge in [-0.15, -0.1) is 0 Å². The maximum atomic E-state index is 11.0. The summed E-state index contributed by atoms with van der Waals surface area (Å²) in [5.41, 5.74) is 0.216. The van der Waals surface area contributed by atoms with Crippen molar-refractivity contribution in [3.63, 3.8) is 0 Å². The lowest BCUT2D eigenvalue weighted by Crippen LogP contribution is -2.28. The highest BCUT2D eigenvalue weighted by atomic mass is 16.4. The number of para-hydroxylation sites is 1. The molecular weight excluding hydrogens is 224 g/mol. The zero-order valence-electron chi connectivity index (χ0n) is 11.2. The molecule has 0 bridgehead atoms. The van der Waals surface area contributed by atoms with Crippen LogP contribution in [0.4, 0.5) is 0 Å². The van der Waals surface area contributed by atoms with Crippen molar-refractivity contribution in [3.8, 4) is 0 Å². The maximum Gasteiger partial charge on any atom is 0.137 e. The Labute approximate surface area is 108 Å². The average molecular weight is 244 g/mol. The summed E-state index contributed by atoms with van der Waals surface area (Å²) in [5, 5.41) is 12.0. The van der Waals surface area contributed by atoms with Gasteiger partial charge in [0.25, 0.3) is 0 Å². The van der Waals surface area contributed by atoms with Crippen molar-refractivity contribution in [3.05, 3.63) is 36.1 Å². The molecule has 1 aliphatic carbocycles. The van der Waals surface area contributed by atoms with Crippen LogP contribution >= 0.6 is 0 Å². The van der Waals surface area contributed by atoms with Gasteiger partial charge in [0.15, 0.2) is 0 Å². The number of hydrogen-bond acceptors (Lipinski definition) is 2. The van der Waals surface area contributed by atoms with Gasteiger partial charge in [-0.3, -0.25) is 0 Å². The third-order valence-corrected chi connectivity index (χ3v) is 4.27. The molecule has 0 radical (unpaired) electrons. The molecule has 1 aromatic carbocycles. The van der Waals surface area contributed by atoms with Crippen LogP contribution in [0.15, 0.2) is 34.7 Å². The molecule has 0 saturated heterocycles. The van der Waals surface area contributed by atoms with Crippen LogP contribution in [0.2, 0.25) is 0 Å². The third-order valence-electron chi connectivity index (χ3n) is 4.27. The SMILES string of the molecule is CC1CC(C)(C)CC1(O)c1cc2ccccc2o1. The Balaban J connectivity index is 2.08. The Morgan fingerprint density at radius 1 is 1.28 bits per heavy atom. The Morgan fingerprint density at radius 2 is 2.00 bits per heavy atom. The smallest absolute Gasteiger partial charge is 0.137 e. The van der Waals surface area contributed by atoms with Crippen molar-refractivity contribution in [2.24, 2.45) is 11.3 Å². The molecule has 2 unspecified atom stereocenters. The van der Waals surface area contributed by atoms with Crippen LogP contribution in [0.5, 0.6) is 0 Å². The van der Waals surface area contributed by atoms with E-state index in [0.29, 0.717) is 0 Å². The second-order valence-corrected chi connectivity index (χ2v) is 6.52. The fourth-order valence-electron chi connectivity index (χ4n) is 3.50.